The molecule has 0 N–H and O–H groups in total. The lowest BCUT2D eigenvalue weighted by Crippen LogP contribution is -2.22. The van der Waals surface area contributed by atoms with Crippen LogP contribution >= 0.6 is 23.1 Å². The Labute approximate surface area is 189 Å². The molecule has 164 valence electrons. The van der Waals surface area contributed by atoms with Gasteiger partial charge in [0.15, 0.2) is 4.80 Å². The van der Waals surface area contributed by atoms with Crippen molar-refractivity contribution >= 4 is 45.2 Å². The number of rotatable bonds is 10. The van der Waals surface area contributed by atoms with E-state index in [1.165, 1.54) is 24.0 Å². The third-order valence-electron chi connectivity index (χ3n) is 4.49. The molecule has 0 bridgehead atoms. The Morgan fingerprint density at radius 3 is 2.71 bits per heavy atom. The molecular weight excluding hydrogens is 432 g/mol. The van der Waals surface area contributed by atoms with Gasteiger partial charge in [-0.25, -0.2) is 0 Å². The Balaban J connectivity index is 1.68. The third-order valence-corrected chi connectivity index (χ3v) is 6.65. The van der Waals surface area contributed by atoms with E-state index in [0.29, 0.717) is 17.8 Å². The molecule has 0 aliphatic carbocycles. The lowest BCUT2D eigenvalue weighted by atomic mass is 10.2. The van der Waals surface area contributed by atoms with Crippen molar-refractivity contribution < 1.29 is 19.1 Å². The van der Waals surface area contributed by atoms with Crippen LogP contribution in [-0.4, -0.2) is 35.9 Å². The average Bonchev–Trinajstić information content (AvgIpc) is 3.10. The number of ether oxygens (including phenoxy) is 2. The number of benzene rings is 2. The summed E-state index contributed by atoms with van der Waals surface area (Å²) in [4.78, 5) is 29.2. The zero-order chi connectivity index (χ0) is 22.1. The molecule has 6 nitrogen and oxygen atoms in total. The maximum Gasteiger partial charge on any atom is 0.325 e. The molecule has 0 saturated carbocycles. The summed E-state index contributed by atoms with van der Waals surface area (Å²) in [6.45, 7) is 2.49. The lowest BCUT2D eigenvalue weighted by Gasteiger charge is -2.05. The van der Waals surface area contributed by atoms with E-state index in [0.717, 1.165) is 33.9 Å². The smallest absolute Gasteiger partial charge is 0.325 e. The second-order valence-corrected chi connectivity index (χ2v) is 8.87. The molecule has 1 amide bonds. The third kappa shape index (κ3) is 6.70. The first-order valence-corrected chi connectivity index (χ1v) is 12.1. The van der Waals surface area contributed by atoms with Gasteiger partial charge < -0.3 is 14.0 Å². The monoisotopic (exact) mass is 458 g/mol. The predicted molar refractivity (Wildman–Crippen MR) is 125 cm³/mol. The van der Waals surface area contributed by atoms with Gasteiger partial charge in [-0.05, 0) is 42.9 Å². The minimum absolute atomic E-state index is 0.00349. The highest BCUT2D eigenvalue weighted by molar-refractivity contribution is 7.98. The summed E-state index contributed by atoms with van der Waals surface area (Å²) in [5.41, 5.74) is 2.10. The van der Waals surface area contributed by atoms with Crippen LogP contribution in [-0.2, 0) is 26.6 Å². The van der Waals surface area contributed by atoms with Gasteiger partial charge in [0.05, 0.1) is 23.9 Å². The van der Waals surface area contributed by atoms with Crippen molar-refractivity contribution in [2.45, 2.75) is 32.1 Å². The summed E-state index contributed by atoms with van der Waals surface area (Å²) in [5.74, 6) is 2.00. The quantitative estimate of drug-likeness (QED) is 0.332. The van der Waals surface area contributed by atoms with Crippen LogP contribution in [0.5, 0.6) is 5.75 Å². The first-order valence-electron chi connectivity index (χ1n) is 10.1. The van der Waals surface area contributed by atoms with Gasteiger partial charge in [-0.15, -0.1) is 0 Å². The fourth-order valence-electron chi connectivity index (χ4n) is 2.99. The van der Waals surface area contributed by atoms with Crippen LogP contribution in [0.2, 0.25) is 0 Å². The van der Waals surface area contributed by atoms with Gasteiger partial charge in [-0.1, -0.05) is 41.7 Å². The number of nitrogens with zero attached hydrogens (tertiary/aromatic N) is 2. The second-order valence-electron chi connectivity index (χ2n) is 6.76. The Morgan fingerprint density at radius 2 is 1.97 bits per heavy atom. The molecule has 31 heavy (non-hydrogen) atoms. The molecule has 0 radical (unpaired) electrons. The van der Waals surface area contributed by atoms with E-state index in [1.807, 2.05) is 55.1 Å². The summed E-state index contributed by atoms with van der Waals surface area (Å²) in [7, 11) is 1.35. The zero-order valence-corrected chi connectivity index (χ0v) is 19.3. The molecule has 1 heterocycles. The van der Waals surface area contributed by atoms with Gasteiger partial charge in [-0.2, -0.15) is 16.8 Å². The number of hydrogen-bond donors (Lipinski definition) is 0. The molecular formula is C23H26N2O4S2. The SMILES string of the molecule is CCOc1ccc2c(c1)sc(=NC(=O)CCCSCc1ccccc1)n2CC(=O)OC. The summed E-state index contributed by atoms with van der Waals surface area (Å²) in [6.07, 6.45) is 1.13. The van der Waals surface area contributed by atoms with Crippen LogP contribution in [0.3, 0.4) is 0 Å². The van der Waals surface area contributed by atoms with Crippen molar-refractivity contribution in [3.63, 3.8) is 0 Å². The van der Waals surface area contributed by atoms with E-state index in [2.05, 4.69) is 17.1 Å². The van der Waals surface area contributed by atoms with Gasteiger partial charge in [-0.3, -0.25) is 9.59 Å². The number of carbonyl (C=O) groups is 2. The standard InChI is InChI=1S/C23H26N2O4S2/c1-3-29-18-11-12-19-20(14-18)31-23(25(19)15-22(27)28-2)24-21(26)10-7-13-30-16-17-8-5-4-6-9-17/h4-6,8-9,11-12,14H,3,7,10,13,15-16H2,1-2H3. The summed E-state index contributed by atoms with van der Waals surface area (Å²) >= 11 is 3.18. The van der Waals surface area contributed by atoms with E-state index < -0.39 is 0 Å². The average molecular weight is 459 g/mol. The molecule has 2 aromatic carbocycles. The van der Waals surface area contributed by atoms with Crippen molar-refractivity contribution in [1.82, 2.24) is 4.57 Å². The summed E-state index contributed by atoms with van der Waals surface area (Å²) in [6, 6.07) is 15.9. The van der Waals surface area contributed by atoms with Crippen molar-refractivity contribution in [3.05, 3.63) is 58.9 Å². The highest BCUT2D eigenvalue weighted by Gasteiger charge is 2.12. The number of carbonyl (C=O) groups excluding carboxylic acids is 2. The van der Waals surface area contributed by atoms with Crippen LogP contribution in [0.15, 0.2) is 53.5 Å². The highest BCUT2D eigenvalue weighted by Crippen LogP contribution is 2.23. The minimum atomic E-state index is -0.389. The molecule has 3 aromatic rings. The molecule has 0 spiro atoms. The molecule has 0 fully saturated rings. The van der Waals surface area contributed by atoms with Crippen LogP contribution in [0.25, 0.3) is 10.2 Å². The molecule has 8 heteroatoms. The van der Waals surface area contributed by atoms with E-state index >= 15 is 0 Å². The topological polar surface area (TPSA) is 69.9 Å². The van der Waals surface area contributed by atoms with E-state index in [-0.39, 0.29) is 18.4 Å². The first kappa shape index (κ1) is 23.1. The maximum absolute atomic E-state index is 12.5. The van der Waals surface area contributed by atoms with Crippen molar-refractivity contribution in [2.75, 3.05) is 19.5 Å². The molecule has 0 aliphatic rings. The largest absolute Gasteiger partial charge is 0.494 e. The summed E-state index contributed by atoms with van der Waals surface area (Å²) in [5, 5.41) is 0. The van der Waals surface area contributed by atoms with E-state index in [9.17, 15) is 9.59 Å². The Morgan fingerprint density at radius 1 is 1.16 bits per heavy atom. The van der Waals surface area contributed by atoms with Crippen LogP contribution in [0.4, 0.5) is 0 Å². The fourth-order valence-corrected chi connectivity index (χ4v) is 4.99. The van der Waals surface area contributed by atoms with Crippen LogP contribution in [0.1, 0.15) is 25.3 Å². The number of amides is 1. The van der Waals surface area contributed by atoms with Crippen LogP contribution < -0.4 is 9.54 Å². The molecule has 0 aliphatic heterocycles. The number of aromatic nitrogens is 1. The molecule has 0 saturated heterocycles. The molecule has 3 rings (SSSR count). The van der Waals surface area contributed by atoms with Crippen molar-refractivity contribution in [2.24, 2.45) is 4.99 Å². The van der Waals surface area contributed by atoms with Gasteiger partial charge in [0.1, 0.15) is 12.3 Å². The first-order chi connectivity index (χ1) is 15.1. The Bertz CT molecular complexity index is 1090. The van der Waals surface area contributed by atoms with Crippen molar-refractivity contribution in [3.8, 4) is 5.75 Å². The highest BCUT2D eigenvalue weighted by atomic mass is 32.2. The Hall–Kier alpha value is -2.58. The normalized spacial score (nSPS) is 11.6. The number of esters is 1. The summed E-state index contributed by atoms with van der Waals surface area (Å²) < 4.78 is 13.0. The van der Waals surface area contributed by atoms with Crippen molar-refractivity contribution in [1.29, 1.82) is 0 Å². The minimum Gasteiger partial charge on any atom is -0.494 e. The van der Waals surface area contributed by atoms with E-state index in [1.54, 1.807) is 4.57 Å². The number of hydrogen-bond acceptors (Lipinski definition) is 6. The second kappa shape index (κ2) is 11.7. The van der Waals surface area contributed by atoms with Gasteiger partial charge in [0.2, 0.25) is 5.91 Å². The van der Waals surface area contributed by atoms with Gasteiger partial charge >= 0.3 is 5.97 Å². The predicted octanol–water partition coefficient (Wildman–Crippen LogP) is 4.42. The number of methoxy groups -OCH3 is 1. The molecule has 0 atom stereocenters. The zero-order valence-electron chi connectivity index (χ0n) is 17.7. The van der Waals surface area contributed by atoms with E-state index in [4.69, 9.17) is 9.47 Å². The van der Waals surface area contributed by atoms with Gasteiger partial charge in [0.25, 0.3) is 0 Å². The molecule has 1 aromatic heterocycles. The number of thioether (sulfide) groups is 1. The lowest BCUT2D eigenvalue weighted by molar-refractivity contribution is -0.141. The Kier molecular flexibility index (Phi) is 8.73. The fraction of sp³-hybridized carbons (Fsp3) is 0.348. The molecule has 0 unspecified atom stereocenters. The van der Waals surface area contributed by atoms with Gasteiger partial charge in [0, 0.05) is 12.2 Å². The van der Waals surface area contributed by atoms with Crippen LogP contribution in [0, 0.1) is 0 Å². The number of thiazole rings is 1. The number of fused-ring (bicyclic) bond motifs is 1. The maximum atomic E-state index is 12.5.